The molecule has 7 heteroatoms. The molecule has 2 nitrogen and oxygen atoms in total. The van der Waals surface area contributed by atoms with E-state index in [4.69, 9.17) is 16.7 Å². The van der Waals surface area contributed by atoms with Crippen LogP contribution in [0.5, 0.6) is 0 Å². The molecule has 88 valence electrons. The molecular formula is C9H5ClF4O2. The molecule has 0 saturated heterocycles. The van der Waals surface area contributed by atoms with E-state index in [1.54, 1.807) is 0 Å². The van der Waals surface area contributed by atoms with Gasteiger partial charge in [-0.05, 0) is 17.7 Å². The Morgan fingerprint density at radius 2 is 1.88 bits per heavy atom. The lowest BCUT2D eigenvalue weighted by Crippen LogP contribution is -2.31. The van der Waals surface area contributed by atoms with Gasteiger partial charge in [0.1, 0.15) is 11.6 Å². The van der Waals surface area contributed by atoms with Crippen LogP contribution >= 0.6 is 11.6 Å². The van der Waals surface area contributed by atoms with Crippen molar-refractivity contribution in [2.24, 2.45) is 0 Å². The third-order valence-electron chi connectivity index (χ3n) is 1.81. The van der Waals surface area contributed by atoms with Crippen molar-refractivity contribution >= 4 is 17.6 Å². The van der Waals surface area contributed by atoms with Crippen LogP contribution in [0.15, 0.2) is 12.1 Å². The molecule has 0 aliphatic heterocycles. The van der Waals surface area contributed by atoms with Crippen LogP contribution in [0.1, 0.15) is 5.56 Å². The van der Waals surface area contributed by atoms with Crippen molar-refractivity contribution in [3.63, 3.8) is 0 Å². The number of alkyl halides is 2. The van der Waals surface area contributed by atoms with Crippen LogP contribution in [-0.2, 0) is 11.2 Å². The molecule has 0 fully saturated rings. The van der Waals surface area contributed by atoms with Gasteiger partial charge in [0.2, 0.25) is 0 Å². The predicted octanol–water partition coefficient (Wildman–Crippen LogP) is 2.88. The van der Waals surface area contributed by atoms with Gasteiger partial charge in [-0.2, -0.15) is 8.78 Å². The fourth-order valence-electron chi connectivity index (χ4n) is 1.01. The maximum Gasteiger partial charge on any atom is 0.374 e. The lowest BCUT2D eigenvalue weighted by Gasteiger charge is -2.11. The number of aliphatic carboxylic acids is 1. The van der Waals surface area contributed by atoms with Gasteiger partial charge in [0.25, 0.3) is 0 Å². The van der Waals surface area contributed by atoms with E-state index in [1.165, 1.54) is 0 Å². The first-order valence-corrected chi connectivity index (χ1v) is 4.36. The van der Waals surface area contributed by atoms with E-state index in [0.29, 0.717) is 12.1 Å². The van der Waals surface area contributed by atoms with E-state index in [2.05, 4.69) is 0 Å². The summed E-state index contributed by atoms with van der Waals surface area (Å²) in [5.41, 5.74) is -0.741. The summed E-state index contributed by atoms with van der Waals surface area (Å²) < 4.78 is 51.3. The van der Waals surface area contributed by atoms with Gasteiger partial charge in [0.15, 0.2) is 0 Å². The third kappa shape index (κ3) is 2.63. The summed E-state index contributed by atoms with van der Waals surface area (Å²) in [4.78, 5) is 10.1. The van der Waals surface area contributed by atoms with Gasteiger partial charge in [-0.15, -0.1) is 0 Å². The molecule has 1 aromatic rings. The predicted molar refractivity (Wildman–Crippen MR) is 47.7 cm³/mol. The zero-order chi connectivity index (χ0) is 12.5. The van der Waals surface area contributed by atoms with Crippen LogP contribution in [-0.4, -0.2) is 17.0 Å². The fourth-order valence-corrected chi connectivity index (χ4v) is 1.16. The summed E-state index contributed by atoms with van der Waals surface area (Å²) in [6, 6.07) is 0.971. The van der Waals surface area contributed by atoms with Gasteiger partial charge in [0, 0.05) is 0 Å². The van der Waals surface area contributed by atoms with Crippen LogP contribution in [0, 0.1) is 11.6 Å². The monoisotopic (exact) mass is 256 g/mol. The molecule has 0 heterocycles. The second kappa shape index (κ2) is 4.29. The Hall–Kier alpha value is -1.30. The number of hydrogen-bond donors (Lipinski definition) is 1. The molecule has 1 aromatic carbocycles. The molecule has 0 amide bonds. The zero-order valence-electron chi connectivity index (χ0n) is 7.61. The zero-order valence-corrected chi connectivity index (χ0v) is 8.36. The average molecular weight is 257 g/mol. The van der Waals surface area contributed by atoms with Gasteiger partial charge in [-0.1, -0.05) is 11.6 Å². The minimum Gasteiger partial charge on any atom is -0.477 e. The van der Waals surface area contributed by atoms with E-state index in [0.717, 1.165) is 0 Å². The smallest absolute Gasteiger partial charge is 0.374 e. The normalized spacial score (nSPS) is 11.6. The molecule has 0 aromatic heterocycles. The maximum atomic E-state index is 13.0. The van der Waals surface area contributed by atoms with Crippen molar-refractivity contribution in [1.29, 1.82) is 0 Å². The summed E-state index contributed by atoms with van der Waals surface area (Å²) in [5, 5.41) is 7.57. The molecule has 0 spiro atoms. The highest BCUT2D eigenvalue weighted by atomic mass is 35.5. The first kappa shape index (κ1) is 12.8. The van der Waals surface area contributed by atoms with Crippen LogP contribution in [0.4, 0.5) is 17.6 Å². The van der Waals surface area contributed by atoms with Crippen molar-refractivity contribution in [3.8, 4) is 0 Å². The number of rotatable bonds is 3. The number of carboxylic acid groups (broad SMARTS) is 1. The van der Waals surface area contributed by atoms with Crippen molar-refractivity contribution in [2.45, 2.75) is 12.3 Å². The Morgan fingerprint density at radius 3 is 2.38 bits per heavy atom. The highest BCUT2D eigenvalue weighted by molar-refractivity contribution is 6.30. The standard InChI is InChI=1S/C9H5ClF4O2/c10-5-2-6(11)4(1-7(5)12)3-9(13,14)8(15)16/h1-2H,3H2,(H,15,16). The number of hydrogen-bond acceptors (Lipinski definition) is 1. The molecule has 1 N–H and O–H groups in total. The number of halogens is 5. The topological polar surface area (TPSA) is 37.3 Å². The first-order valence-electron chi connectivity index (χ1n) is 3.98. The molecule has 16 heavy (non-hydrogen) atoms. The number of benzene rings is 1. The highest BCUT2D eigenvalue weighted by Gasteiger charge is 2.39. The summed E-state index contributed by atoms with van der Waals surface area (Å²) in [6.45, 7) is 0. The molecule has 0 saturated carbocycles. The molecular weight excluding hydrogens is 252 g/mol. The second-order valence-corrected chi connectivity index (χ2v) is 3.45. The van der Waals surface area contributed by atoms with Gasteiger partial charge in [-0.3, -0.25) is 0 Å². The van der Waals surface area contributed by atoms with E-state index in [9.17, 15) is 22.4 Å². The Bertz CT molecular complexity index is 434. The van der Waals surface area contributed by atoms with E-state index < -0.39 is 40.5 Å². The Labute approximate surface area is 92.4 Å². The Kier molecular flexibility index (Phi) is 3.42. The van der Waals surface area contributed by atoms with Crippen molar-refractivity contribution in [2.75, 3.05) is 0 Å². The van der Waals surface area contributed by atoms with Crippen molar-refractivity contribution in [3.05, 3.63) is 34.4 Å². The minimum absolute atomic E-state index is 0.453. The van der Waals surface area contributed by atoms with Gasteiger partial charge in [-0.25, -0.2) is 13.6 Å². The van der Waals surface area contributed by atoms with E-state index in [1.807, 2.05) is 0 Å². The van der Waals surface area contributed by atoms with Gasteiger partial charge < -0.3 is 5.11 Å². The largest absolute Gasteiger partial charge is 0.477 e. The van der Waals surface area contributed by atoms with Crippen LogP contribution in [0.3, 0.4) is 0 Å². The van der Waals surface area contributed by atoms with Crippen molar-refractivity contribution in [1.82, 2.24) is 0 Å². The molecule has 0 bridgehead atoms. The summed E-state index contributed by atoms with van der Waals surface area (Å²) >= 11 is 5.20. The summed E-state index contributed by atoms with van der Waals surface area (Å²) in [5.74, 6) is -8.81. The SMILES string of the molecule is O=C(O)C(F)(F)Cc1cc(F)c(Cl)cc1F. The number of carbonyl (C=O) groups is 1. The molecule has 0 aliphatic rings. The summed E-state index contributed by atoms with van der Waals surface area (Å²) in [7, 11) is 0. The average Bonchev–Trinajstić information content (AvgIpc) is 2.13. The minimum atomic E-state index is -4.15. The van der Waals surface area contributed by atoms with Crippen LogP contribution < -0.4 is 0 Å². The molecule has 1 rings (SSSR count). The Morgan fingerprint density at radius 1 is 1.31 bits per heavy atom. The molecule has 0 atom stereocenters. The molecule has 0 radical (unpaired) electrons. The van der Waals surface area contributed by atoms with Crippen LogP contribution in [0.2, 0.25) is 5.02 Å². The van der Waals surface area contributed by atoms with Gasteiger partial charge >= 0.3 is 11.9 Å². The third-order valence-corrected chi connectivity index (χ3v) is 2.10. The summed E-state index contributed by atoms with van der Waals surface area (Å²) in [6.07, 6.45) is -1.43. The fraction of sp³-hybridized carbons (Fsp3) is 0.222. The van der Waals surface area contributed by atoms with Gasteiger partial charge in [0.05, 0.1) is 11.4 Å². The van der Waals surface area contributed by atoms with E-state index >= 15 is 0 Å². The van der Waals surface area contributed by atoms with Crippen LogP contribution in [0.25, 0.3) is 0 Å². The molecule has 0 aliphatic carbocycles. The lowest BCUT2D eigenvalue weighted by atomic mass is 10.1. The number of carboxylic acids is 1. The lowest BCUT2D eigenvalue weighted by molar-refractivity contribution is -0.164. The second-order valence-electron chi connectivity index (χ2n) is 3.04. The molecule has 0 unspecified atom stereocenters. The Balaban J connectivity index is 3.07. The maximum absolute atomic E-state index is 13.0. The first-order chi connectivity index (χ1) is 7.24. The highest BCUT2D eigenvalue weighted by Crippen LogP contribution is 2.25. The quantitative estimate of drug-likeness (QED) is 0.667. The van der Waals surface area contributed by atoms with Crippen molar-refractivity contribution < 1.29 is 27.5 Å². The van der Waals surface area contributed by atoms with E-state index in [-0.39, 0.29) is 0 Å².